The summed E-state index contributed by atoms with van der Waals surface area (Å²) in [5.41, 5.74) is 7.18. The topological polar surface area (TPSA) is 0 Å². The molecule has 4 aromatic carbocycles. The first-order valence-electron chi connectivity index (χ1n) is 10.9. The van der Waals surface area contributed by atoms with Gasteiger partial charge in [0.1, 0.15) is 0 Å². The van der Waals surface area contributed by atoms with E-state index in [4.69, 9.17) is 46.4 Å². The Labute approximate surface area is 220 Å². The average Bonchev–Trinajstić information content (AvgIpc) is 2.84. The largest absolute Gasteiger partial charge is 0.0843 e. The van der Waals surface area contributed by atoms with Crippen LogP contribution in [0.3, 0.4) is 0 Å². The smallest absolute Gasteiger partial charge is 0.0406 e. The summed E-state index contributed by atoms with van der Waals surface area (Å²) < 4.78 is 0. The third kappa shape index (κ3) is 4.97. The molecule has 0 unspecified atom stereocenters. The van der Waals surface area contributed by atoms with Crippen LogP contribution in [0.15, 0.2) is 108 Å². The van der Waals surface area contributed by atoms with Crippen LogP contribution in [0.1, 0.15) is 34.1 Å². The van der Waals surface area contributed by atoms with Gasteiger partial charge in [0.15, 0.2) is 0 Å². The Morgan fingerprint density at radius 2 is 0.647 bits per heavy atom. The molecule has 0 aliphatic heterocycles. The minimum Gasteiger partial charge on any atom is -0.0843 e. The van der Waals surface area contributed by atoms with Crippen LogP contribution in [0.2, 0.25) is 20.1 Å². The predicted octanol–water partition coefficient (Wildman–Crippen LogP) is 10.3. The second-order valence-electron chi connectivity index (χ2n) is 8.36. The number of benzene rings is 4. The van der Waals surface area contributed by atoms with Gasteiger partial charge in [-0.15, -0.1) is 0 Å². The molecule has 0 heterocycles. The van der Waals surface area contributed by atoms with E-state index in [1.54, 1.807) is 0 Å². The normalized spacial score (nSPS) is 19.9. The molecular formula is C30H20Cl4. The zero-order valence-electron chi connectivity index (χ0n) is 18.1. The maximum atomic E-state index is 6.21. The van der Waals surface area contributed by atoms with E-state index in [0.717, 1.165) is 31.2 Å². The molecule has 5 rings (SSSR count). The molecule has 4 heteroatoms. The van der Waals surface area contributed by atoms with Gasteiger partial charge in [0, 0.05) is 31.9 Å². The van der Waals surface area contributed by atoms with E-state index < -0.39 is 0 Å². The van der Waals surface area contributed by atoms with Gasteiger partial charge < -0.3 is 0 Å². The molecular weight excluding hydrogens is 502 g/mol. The van der Waals surface area contributed by atoms with Crippen LogP contribution in [0, 0.1) is 0 Å². The van der Waals surface area contributed by atoms with E-state index >= 15 is 0 Å². The molecule has 1 fully saturated rings. The van der Waals surface area contributed by atoms with Crippen LogP contribution in [0.5, 0.6) is 0 Å². The summed E-state index contributed by atoms with van der Waals surface area (Å²) in [7, 11) is 0. The van der Waals surface area contributed by atoms with Crippen molar-refractivity contribution in [2.45, 2.75) is 11.8 Å². The second kappa shape index (κ2) is 10.0. The van der Waals surface area contributed by atoms with Gasteiger partial charge in [-0.05, 0) is 81.9 Å². The van der Waals surface area contributed by atoms with E-state index in [1.165, 1.54) is 22.3 Å². The molecule has 4 aromatic rings. The number of halogens is 4. The molecule has 1 aliphatic rings. The molecule has 1 aliphatic carbocycles. The maximum Gasteiger partial charge on any atom is 0.0406 e. The minimum atomic E-state index is 0.174. The van der Waals surface area contributed by atoms with Crippen molar-refractivity contribution in [1.82, 2.24) is 0 Å². The first-order chi connectivity index (χ1) is 16.5. The Bertz CT molecular complexity index is 1240. The molecule has 0 saturated heterocycles. The number of allylic oxidation sites excluding steroid dienone is 2. The van der Waals surface area contributed by atoms with Crippen molar-refractivity contribution in [2.24, 2.45) is 0 Å². The third-order valence-corrected chi connectivity index (χ3v) is 7.19. The Balaban J connectivity index is 1.68. The number of rotatable bonds is 4. The van der Waals surface area contributed by atoms with Gasteiger partial charge in [-0.3, -0.25) is 0 Å². The fraction of sp³-hybridized carbons (Fsp3) is 0.0667. The summed E-state index contributed by atoms with van der Waals surface area (Å²) in [6, 6.07) is 32.1. The summed E-state index contributed by atoms with van der Waals surface area (Å²) in [4.78, 5) is 0. The quantitative estimate of drug-likeness (QED) is 0.250. The Hall–Kier alpha value is -2.48. The first-order valence-corrected chi connectivity index (χ1v) is 12.4. The minimum absolute atomic E-state index is 0.174. The van der Waals surface area contributed by atoms with Crippen molar-refractivity contribution in [3.63, 3.8) is 0 Å². The predicted molar refractivity (Wildman–Crippen MR) is 147 cm³/mol. The molecule has 0 spiro atoms. The van der Waals surface area contributed by atoms with Gasteiger partial charge in [0.2, 0.25) is 0 Å². The molecule has 0 nitrogen and oxygen atoms in total. The lowest BCUT2D eigenvalue weighted by molar-refractivity contribution is 0.596. The Morgan fingerprint density at radius 1 is 0.382 bits per heavy atom. The van der Waals surface area contributed by atoms with Gasteiger partial charge in [0.05, 0.1) is 0 Å². The van der Waals surface area contributed by atoms with Crippen LogP contribution in [0.25, 0.3) is 12.2 Å². The van der Waals surface area contributed by atoms with Crippen LogP contribution >= 0.6 is 46.4 Å². The Kier molecular flexibility index (Phi) is 6.86. The van der Waals surface area contributed by atoms with Gasteiger partial charge in [-0.1, -0.05) is 107 Å². The lowest BCUT2D eigenvalue weighted by atomic mass is 9.59. The fourth-order valence-electron chi connectivity index (χ4n) is 4.53. The summed E-state index contributed by atoms with van der Waals surface area (Å²) >= 11 is 24.7. The van der Waals surface area contributed by atoms with E-state index in [2.05, 4.69) is 36.4 Å². The molecule has 34 heavy (non-hydrogen) atoms. The fourth-order valence-corrected chi connectivity index (χ4v) is 5.03. The molecule has 0 bridgehead atoms. The summed E-state index contributed by atoms with van der Waals surface area (Å²) in [6.07, 6.45) is 4.51. The third-order valence-electron chi connectivity index (χ3n) is 6.18. The van der Waals surface area contributed by atoms with Crippen molar-refractivity contribution in [3.8, 4) is 0 Å². The molecule has 2 atom stereocenters. The number of hydrogen-bond acceptors (Lipinski definition) is 0. The number of hydrogen-bond donors (Lipinski definition) is 0. The van der Waals surface area contributed by atoms with E-state index in [1.807, 2.05) is 72.8 Å². The monoisotopic (exact) mass is 520 g/mol. The first kappa shape index (κ1) is 23.3. The molecule has 1 saturated carbocycles. The van der Waals surface area contributed by atoms with E-state index in [0.29, 0.717) is 0 Å². The average molecular weight is 522 g/mol. The van der Waals surface area contributed by atoms with Crippen molar-refractivity contribution in [1.29, 1.82) is 0 Å². The molecule has 0 amide bonds. The summed E-state index contributed by atoms with van der Waals surface area (Å²) in [5, 5.41) is 2.90. The lowest BCUT2D eigenvalue weighted by Crippen LogP contribution is -2.28. The second-order valence-corrected chi connectivity index (χ2v) is 10.1. The maximum absolute atomic E-state index is 6.21. The highest BCUT2D eigenvalue weighted by molar-refractivity contribution is 6.31. The zero-order chi connectivity index (χ0) is 23.7. The zero-order valence-corrected chi connectivity index (χ0v) is 21.1. The van der Waals surface area contributed by atoms with Crippen molar-refractivity contribution in [3.05, 3.63) is 151 Å². The van der Waals surface area contributed by atoms with Gasteiger partial charge in [0.25, 0.3) is 0 Å². The summed E-state index contributed by atoms with van der Waals surface area (Å²) in [6.45, 7) is 0. The van der Waals surface area contributed by atoms with Gasteiger partial charge in [-0.25, -0.2) is 0 Å². The van der Waals surface area contributed by atoms with Crippen LogP contribution < -0.4 is 0 Å². The van der Waals surface area contributed by atoms with E-state index in [-0.39, 0.29) is 11.8 Å². The highest BCUT2D eigenvalue weighted by Gasteiger charge is 2.42. The SMILES string of the molecule is Clc1ccc(/C=C2\C(=C\c3ccc(Cl)cc3)[C@H](c3ccc(Cl)cc3)[C@@H]2c2ccc(Cl)cc2)cc1. The highest BCUT2D eigenvalue weighted by Crippen LogP contribution is 2.58. The Morgan fingerprint density at radius 3 is 0.941 bits per heavy atom. The highest BCUT2D eigenvalue weighted by atomic mass is 35.5. The van der Waals surface area contributed by atoms with E-state index in [9.17, 15) is 0 Å². The lowest BCUT2D eigenvalue weighted by Gasteiger charge is -2.44. The van der Waals surface area contributed by atoms with Crippen LogP contribution in [-0.4, -0.2) is 0 Å². The molecule has 0 radical (unpaired) electrons. The van der Waals surface area contributed by atoms with Crippen LogP contribution in [-0.2, 0) is 0 Å². The molecule has 0 N–H and O–H groups in total. The summed E-state index contributed by atoms with van der Waals surface area (Å²) in [5.74, 6) is 0.348. The van der Waals surface area contributed by atoms with Crippen molar-refractivity contribution < 1.29 is 0 Å². The molecule has 168 valence electrons. The van der Waals surface area contributed by atoms with Gasteiger partial charge in [-0.2, -0.15) is 0 Å². The standard InChI is InChI=1S/C30H20Cl4/c31-23-9-1-19(2-10-23)17-27-28(18-20-3-11-24(32)12-4-20)30(22-7-15-26(34)16-8-22)29(27)21-5-13-25(33)14-6-21/h1-18,29-30H/b27-17-,28-18+/t29-,30+/m0/s1. The molecule has 0 aromatic heterocycles. The van der Waals surface area contributed by atoms with Crippen LogP contribution in [0.4, 0.5) is 0 Å². The van der Waals surface area contributed by atoms with Crippen molar-refractivity contribution >= 4 is 58.6 Å². The van der Waals surface area contributed by atoms with Crippen molar-refractivity contribution in [2.75, 3.05) is 0 Å². The van der Waals surface area contributed by atoms with Gasteiger partial charge >= 0.3 is 0 Å².